The smallest absolute Gasteiger partial charge is 0.140 e. The van der Waals surface area contributed by atoms with E-state index in [4.69, 9.17) is 10.8 Å². The number of hydrogen-bond donors (Lipinski definition) is 2. The van der Waals surface area contributed by atoms with E-state index in [-0.39, 0.29) is 17.5 Å². The number of carbonyl (C=O) groups excluding carboxylic acids is 1. The van der Waals surface area contributed by atoms with Gasteiger partial charge in [-0.1, -0.05) is 19.1 Å². The summed E-state index contributed by atoms with van der Waals surface area (Å²) in [5.41, 5.74) is 6.35. The lowest BCUT2D eigenvalue weighted by molar-refractivity contribution is -0.121. The highest BCUT2D eigenvalue weighted by atomic mass is 16.3. The van der Waals surface area contributed by atoms with Gasteiger partial charge in [-0.3, -0.25) is 4.79 Å². The molecular weight excluding hydrogens is 202 g/mol. The molecule has 0 saturated carbocycles. The largest absolute Gasteiger partial charge is 0.508 e. The SMILES string of the molecule is CC(CCCN)C(=O)Cc1ccc(O)cc1. The second-order valence-corrected chi connectivity index (χ2v) is 4.14. The molecule has 0 heterocycles. The molecule has 0 aliphatic rings. The van der Waals surface area contributed by atoms with Crippen LogP contribution in [0.25, 0.3) is 0 Å². The van der Waals surface area contributed by atoms with Crippen molar-refractivity contribution in [3.05, 3.63) is 29.8 Å². The van der Waals surface area contributed by atoms with E-state index in [9.17, 15) is 4.79 Å². The Labute approximate surface area is 96.3 Å². The Balaban J connectivity index is 2.47. The van der Waals surface area contributed by atoms with Gasteiger partial charge in [0.2, 0.25) is 0 Å². The topological polar surface area (TPSA) is 63.3 Å². The van der Waals surface area contributed by atoms with Crippen LogP contribution >= 0.6 is 0 Å². The monoisotopic (exact) mass is 221 g/mol. The normalized spacial score (nSPS) is 12.4. The first kappa shape index (κ1) is 12.7. The number of hydrogen-bond acceptors (Lipinski definition) is 3. The molecular formula is C13H19NO2. The fourth-order valence-corrected chi connectivity index (χ4v) is 1.57. The third-order valence-electron chi connectivity index (χ3n) is 2.71. The van der Waals surface area contributed by atoms with Crippen LogP contribution in [0.1, 0.15) is 25.3 Å². The van der Waals surface area contributed by atoms with Gasteiger partial charge in [-0.05, 0) is 37.1 Å². The first-order valence-corrected chi connectivity index (χ1v) is 5.64. The zero-order valence-corrected chi connectivity index (χ0v) is 9.65. The van der Waals surface area contributed by atoms with Crippen molar-refractivity contribution in [3.63, 3.8) is 0 Å². The van der Waals surface area contributed by atoms with Gasteiger partial charge in [0.05, 0.1) is 0 Å². The van der Waals surface area contributed by atoms with Crippen molar-refractivity contribution in [1.82, 2.24) is 0 Å². The Bertz CT molecular complexity index is 332. The lowest BCUT2D eigenvalue weighted by Gasteiger charge is -2.09. The average molecular weight is 221 g/mol. The molecule has 0 aliphatic heterocycles. The summed E-state index contributed by atoms with van der Waals surface area (Å²) in [5, 5.41) is 9.12. The Morgan fingerprint density at radius 3 is 2.56 bits per heavy atom. The molecule has 0 aromatic heterocycles. The fourth-order valence-electron chi connectivity index (χ4n) is 1.57. The lowest BCUT2D eigenvalue weighted by atomic mass is 9.95. The molecule has 0 aliphatic carbocycles. The number of aromatic hydroxyl groups is 1. The second kappa shape index (κ2) is 6.28. The van der Waals surface area contributed by atoms with Gasteiger partial charge in [0.15, 0.2) is 0 Å². The molecule has 0 spiro atoms. The zero-order chi connectivity index (χ0) is 12.0. The molecule has 3 heteroatoms. The van der Waals surface area contributed by atoms with Crippen molar-refractivity contribution in [2.75, 3.05) is 6.54 Å². The summed E-state index contributed by atoms with van der Waals surface area (Å²) in [6.07, 6.45) is 2.18. The molecule has 0 radical (unpaired) electrons. The van der Waals surface area contributed by atoms with E-state index in [0.717, 1.165) is 18.4 Å². The molecule has 1 aromatic carbocycles. The van der Waals surface area contributed by atoms with Gasteiger partial charge in [-0.2, -0.15) is 0 Å². The standard InChI is InChI=1S/C13H19NO2/c1-10(3-2-8-14)13(16)9-11-4-6-12(15)7-5-11/h4-7,10,15H,2-3,8-9,14H2,1H3. The van der Waals surface area contributed by atoms with E-state index in [2.05, 4.69) is 0 Å². The number of benzene rings is 1. The average Bonchev–Trinajstić information content (AvgIpc) is 2.29. The molecule has 1 rings (SSSR count). The van der Waals surface area contributed by atoms with Crippen molar-refractivity contribution >= 4 is 5.78 Å². The summed E-state index contributed by atoms with van der Waals surface area (Å²) in [6.45, 7) is 2.58. The number of rotatable bonds is 6. The van der Waals surface area contributed by atoms with Crippen molar-refractivity contribution in [3.8, 4) is 5.75 Å². The Morgan fingerprint density at radius 2 is 2.00 bits per heavy atom. The second-order valence-electron chi connectivity index (χ2n) is 4.14. The lowest BCUT2D eigenvalue weighted by Crippen LogP contribution is -2.15. The predicted octanol–water partition coefficient (Wildman–Crippen LogP) is 1.88. The summed E-state index contributed by atoms with van der Waals surface area (Å²) in [5.74, 6) is 0.531. The van der Waals surface area contributed by atoms with Gasteiger partial charge in [0, 0.05) is 12.3 Å². The van der Waals surface area contributed by atoms with Gasteiger partial charge in [0.1, 0.15) is 11.5 Å². The highest BCUT2D eigenvalue weighted by Gasteiger charge is 2.12. The summed E-state index contributed by atoms with van der Waals surface area (Å²) in [4.78, 5) is 11.8. The highest BCUT2D eigenvalue weighted by Crippen LogP contribution is 2.14. The molecule has 88 valence electrons. The first-order chi connectivity index (χ1) is 7.63. The van der Waals surface area contributed by atoms with Crippen LogP contribution in [-0.4, -0.2) is 17.4 Å². The Hall–Kier alpha value is -1.35. The van der Waals surface area contributed by atoms with E-state index >= 15 is 0 Å². The minimum atomic E-state index is 0.0670. The number of phenolic OH excluding ortho intramolecular Hbond substituents is 1. The van der Waals surface area contributed by atoms with Crippen LogP contribution in [0.15, 0.2) is 24.3 Å². The summed E-state index contributed by atoms with van der Waals surface area (Å²) < 4.78 is 0. The van der Waals surface area contributed by atoms with E-state index in [1.54, 1.807) is 24.3 Å². The maximum absolute atomic E-state index is 11.8. The van der Waals surface area contributed by atoms with Crippen molar-refractivity contribution in [1.29, 1.82) is 0 Å². The molecule has 1 unspecified atom stereocenters. The molecule has 16 heavy (non-hydrogen) atoms. The minimum Gasteiger partial charge on any atom is -0.508 e. The molecule has 3 nitrogen and oxygen atoms in total. The van der Waals surface area contributed by atoms with Crippen molar-refractivity contribution in [2.45, 2.75) is 26.2 Å². The van der Waals surface area contributed by atoms with Gasteiger partial charge in [-0.15, -0.1) is 0 Å². The maximum atomic E-state index is 11.8. The molecule has 0 fully saturated rings. The summed E-state index contributed by atoms with van der Waals surface area (Å²) >= 11 is 0. The van der Waals surface area contributed by atoms with E-state index in [0.29, 0.717) is 13.0 Å². The van der Waals surface area contributed by atoms with Gasteiger partial charge < -0.3 is 10.8 Å². The minimum absolute atomic E-state index is 0.0670. The summed E-state index contributed by atoms with van der Waals surface area (Å²) in [7, 11) is 0. The number of carbonyl (C=O) groups is 1. The van der Waals surface area contributed by atoms with Crippen LogP contribution in [0.2, 0.25) is 0 Å². The van der Waals surface area contributed by atoms with Crippen LogP contribution < -0.4 is 5.73 Å². The third kappa shape index (κ3) is 4.03. The van der Waals surface area contributed by atoms with Gasteiger partial charge in [0.25, 0.3) is 0 Å². The zero-order valence-electron chi connectivity index (χ0n) is 9.65. The molecule has 1 atom stereocenters. The Kier molecular flexibility index (Phi) is 4.99. The highest BCUT2D eigenvalue weighted by molar-refractivity contribution is 5.82. The fraction of sp³-hybridized carbons (Fsp3) is 0.462. The predicted molar refractivity (Wildman–Crippen MR) is 64.3 cm³/mol. The van der Waals surface area contributed by atoms with Crippen molar-refractivity contribution in [2.24, 2.45) is 11.7 Å². The number of ketones is 1. The molecule has 0 amide bonds. The summed E-state index contributed by atoms with van der Waals surface area (Å²) in [6, 6.07) is 6.77. The quantitative estimate of drug-likeness (QED) is 0.771. The van der Waals surface area contributed by atoms with E-state index in [1.807, 2.05) is 6.92 Å². The third-order valence-corrected chi connectivity index (χ3v) is 2.71. The van der Waals surface area contributed by atoms with Crippen LogP contribution in [-0.2, 0) is 11.2 Å². The number of phenols is 1. The number of Topliss-reactive ketones (excluding diaryl/α,β-unsaturated/α-hetero) is 1. The molecule has 1 aromatic rings. The maximum Gasteiger partial charge on any atom is 0.140 e. The van der Waals surface area contributed by atoms with Gasteiger partial charge in [-0.25, -0.2) is 0 Å². The van der Waals surface area contributed by atoms with E-state index < -0.39 is 0 Å². The molecule has 0 bridgehead atoms. The molecule has 0 saturated heterocycles. The van der Waals surface area contributed by atoms with E-state index in [1.165, 1.54) is 0 Å². The first-order valence-electron chi connectivity index (χ1n) is 5.64. The molecule has 3 N–H and O–H groups in total. The Morgan fingerprint density at radius 1 is 1.38 bits per heavy atom. The number of nitrogens with two attached hydrogens (primary N) is 1. The van der Waals surface area contributed by atoms with Gasteiger partial charge >= 0.3 is 0 Å². The van der Waals surface area contributed by atoms with Crippen molar-refractivity contribution < 1.29 is 9.90 Å². The van der Waals surface area contributed by atoms with Crippen LogP contribution in [0.3, 0.4) is 0 Å². The van der Waals surface area contributed by atoms with Crippen LogP contribution in [0, 0.1) is 5.92 Å². The van der Waals surface area contributed by atoms with Crippen LogP contribution in [0.5, 0.6) is 5.75 Å². The van der Waals surface area contributed by atoms with Crippen LogP contribution in [0.4, 0.5) is 0 Å².